The molecule has 0 amide bonds. The average Bonchev–Trinajstić information content (AvgIpc) is 2.28. The molecule has 70 valence electrons. The van der Waals surface area contributed by atoms with Gasteiger partial charge >= 0.3 is 0 Å². The number of hydrogen-bond acceptors (Lipinski definition) is 1. The number of rotatable bonds is 0. The van der Waals surface area contributed by atoms with E-state index in [1.165, 1.54) is 15.6 Å². The van der Waals surface area contributed by atoms with Crippen LogP contribution in [0.3, 0.4) is 0 Å². The molecule has 1 atom stereocenters. The van der Waals surface area contributed by atoms with E-state index in [9.17, 15) is 0 Å². The fourth-order valence-corrected chi connectivity index (χ4v) is 2.56. The van der Waals surface area contributed by atoms with Crippen molar-refractivity contribution in [1.29, 1.82) is 0 Å². The Kier molecular flexibility index (Phi) is 2.00. The molecule has 2 N–H and O–H groups in total. The molecule has 0 fully saturated rings. The Morgan fingerprint density at radius 2 is 2.15 bits per heavy atom. The van der Waals surface area contributed by atoms with E-state index in [0.717, 1.165) is 6.42 Å². The summed E-state index contributed by atoms with van der Waals surface area (Å²) in [7, 11) is 0. The summed E-state index contributed by atoms with van der Waals surface area (Å²) in [6, 6.07) is 6.47. The molecule has 0 unspecified atom stereocenters. The van der Waals surface area contributed by atoms with Gasteiger partial charge < -0.3 is 5.73 Å². The Morgan fingerprint density at radius 3 is 2.77 bits per heavy atom. The van der Waals surface area contributed by atoms with Gasteiger partial charge in [0, 0.05) is 10.5 Å². The van der Waals surface area contributed by atoms with E-state index < -0.39 is 0 Å². The third-order valence-corrected chi connectivity index (χ3v) is 3.71. The van der Waals surface area contributed by atoms with Crippen LogP contribution in [-0.2, 0) is 6.42 Å². The van der Waals surface area contributed by atoms with Crippen LogP contribution in [0.5, 0.6) is 0 Å². The molecule has 2 heteroatoms. The zero-order valence-electron chi connectivity index (χ0n) is 7.97. The van der Waals surface area contributed by atoms with Crippen molar-refractivity contribution in [2.24, 2.45) is 11.1 Å². The molecule has 2 rings (SSSR count). The first kappa shape index (κ1) is 9.22. The van der Waals surface area contributed by atoms with E-state index in [1.807, 2.05) is 0 Å². The lowest BCUT2D eigenvalue weighted by atomic mass is 9.86. The first-order valence-electron chi connectivity index (χ1n) is 4.55. The Bertz CT molecular complexity index is 344. The molecule has 0 saturated heterocycles. The van der Waals surface area contributed by atoms with E-state index in [1.54, 1.807) is 0 Å². The lowest BCUT2D eigenvalue weighted by Crippen LogP contribution is -2.24. The Morgan fingerprint density at radius 1 is 1.46 bits per heavy atom. The Labute approximate surface area is 87.5 Å². The van der Waals surface area contributed by atoms with Gasteiger partial charge in [-0.05, 0) is 29.0 Å². The van der Waals surface area contributed by atoms with E-state index >= 15 is 0 Å². The molecule has 0 aliphatic heterocycles. The number of hydrogen-bond donors (Lipinski definition) is 1. The highest BCUT2D eigenvalue weighted by Crippen LogP contribution is 2.45. The highest BCUT2D eigenvalue weighted by Gasteiger charge is 2.37. The van der Waals surface area contributed by atoms with Gasteiger partial charge in [0.2, 0.25) is 0 Å². The molecular weight excluding hydrogens is 226 g/mol. The molecule has 1 nitrogen and oxygen atoms in total. The zero-order chi connectivity index (χ0) is 9.64. The molecular formula is C11H14BrN. The van der Waals surface area contributed by atoms with Crippen molar-refractivity contribution in [3.63, 3.8) is 0 Å². The van der Waals surface area contributed by atoms with Crippen molar-refractivity contribution in [1.82, 2.24) is 0 Å². The third-order valence-electron chi connectivity index (χ3n) is 2.96. The van der Waals surface area contributed by atoms with Gasteiger partial charge in [0.05, 0.1) is 0 Å². The highest BCUT2D eigenvalue weighted by molar-refractivity contribution is 9.10. The normalized spacial score (nSPS) is 24.5. The lowest BCUT2D eigenvalue weighted by Gasteiger charge is -2.23. The minimum absolute atomic E-state index is 0.181. The van der Waals surface area contributed by atoms with E-state index in [2.05, 4.69) is 48.0 Å². The van der Waals surface area contributed by atoms with Gasteiger partial charge in [-0.3, -0.25) is 0 Å². The second kappa shape index (κ2) is 2.82. The summed E-state index contributed by atoms with van der Waals surface area (Å²) in [5.74, 6) is 0. The van der Waals surface area contributed by atoms with Gasteiger partial charge in [-0.25, -0.2) is 0 Å². The fourth-order valence-electron chi connectivity index (χ4n) is 2.04. The zero-order valence-corrected chi connectivity index (χ0v) is 9.56. The largest absolute Gasteiger partial charge is 0.323 e. The van der Waals surface area contributed by atoms with Gasteiger partial charge in [0.1, 0.15) is 0 Å². The average molecular weight is 240 g/mol. The third kappa shape index (κ3) is 1.32. The minimum Gasteiger partial charge on any atom is -0.323 e. The van der Waals surface area contributed by atoms with Gasteiger partial charge in [0.15, 0.2) is 0 Å². The van der Waals surface area contributed by atoms with E-state index in [4.69, 9.17) is 5.73 Å². The molecule has 0 heterocycles. The smallest absolute Gasteiger partial charge is 0.0353 e. The molecule has 1 aliphatic carbocycles. The second-order valence-corrected chi connectivity index (χ2v) is 5.30. The monoisotopic (exact) mass is 239 g/mol. The summed E-state index contributed by atoms with van der Waals surface area (Å²) in [6.45, 7) is 4.45. The summed E-state index contributed by atoms with van der Waals surface area (Å²) in [5.41, 5.74) is 9.07. The standard InChI is InChI=1S/C11H14BrN/c1-11(2)6-8-7(10(11)13)4-3-5-9(8)12/h3-5,10H,6,13H2,1-2H3/t10-/m0/s1. The molecule has 0 saturated carbocycles. The summed E-state index contributed by atoms with van der Waals surface area (Å²) in [5, 5.41) is 0. The van der Waals surface area contributed by atoms with Crippen LogP contribution in [0.15, 0.2) is 22.7 Å². The van der Waals surface area contributed by atoms with Gasteiger partial charge in [-0.1, -0.05) is 41.9 Å². The maximum absolute atomic E-state index is 6.17. The first-order chi connectivity index (χ1) is 6.02. The minimum atomic E-state index is 0.181. The van der Waals surface area contributed by atoms with Crippen LogP contribution in [0.25, 0.3) is 0 Å². The van der Waals surface area contributed by atoms with Gasteiger partial charge in [0.25, 0.3) is 0 Å². The number of nitrogens with two attached hydrogens (primary N) is 1. The second-order valence-electron chi connectivity index (χ2n) is 4.45. The first-order valence-corrected chi connectivity index (χ1v) is 5.34. The van der Waals surface area contributed by atoms with Gasteiger partial charge in [-0.15, -0.1) is 0 Å². The molecule has 1 aliphatic rings. The Balaban J connectivity index is 2.56. The molecule has 0 radical (unpaired) electrons. The van der Waals surface area contributed by atoms with Crippen molar-refractivity contribution in [2.75, 3.05) is 0 Å². The van der Waals surface area contributed by atoms with Crippen LogP contribution in [0, 0.1) is 5.41 Å². The van der Waals surface area contributed by atoms with Crippen molar-refractivity contribution in [3.8, 4) is 0 Å². The number of fused-ring (bicyclic) bond motifs is 1. The number of benzene rings is 1. The molecule has 1 aromatic carbocycles. The van der Waals surface area contributed by atoms with Gasteiger partial charge in [-0.2, -0.15) is 0 Å². The summed E-state index contributed by atoms with van der Waals surface area (Å²) in [6.07, 6.45) is 1.07. The SMILES string of the molecule is CC1(C)Cc2c(Br)cccc2[C@@H]1N. The molecule has 1 aromatic rings. The molecule has 13 heavy (non-hydrogen) atoms. The highest BCUT2D eigenvalue weighted by atomic mass is 79.9. The topological polar surface area (TPSA) is 26.0 Å². The molecule has 0 aromatic heterocycles. The van der Waals surface area contributed by atoms with Crippen LogP contribution in [0.4, 0.5) is 0 Å². The van der Waals surface area contributed by atoms with Crippen molar-refractivity contribution < 1.29 is 0 Å². The van der Waals surface area contributed by atoms with E-state index in [0.29, 0.717) is 0 Å². The molecule has 0 spiro atoms. The predicted molar refractivity (Wildman–Crippen MR) is 58.6 cm³/mol. The predicted octanol–water partition coefficient (Wildman–Crippen LogP) is 3.03. The quantitative estimate of drug-likeness (QED) is 0.741. The van der Waals surface area contributed by atoms with Crippen LogP contribution in [-0.4, -0.2) is 0 Å². The fraction of sp³-hybridized carbons (Fsp3) is 0.455. The Hall–Kier alpha value is -0.340. The van der Waals surface area contributed by atoms with Crippen molar-refractivity contribution >= 4 is 15.9 Å². The summed E-state index contributed by atoms with van der Waals surface area (Å²) < 4.78 is 1.20. The number of halogens is 1. The molecule has 0 bridgehead atoms. The summed E-state index contributed by atoms with van der Waals surface area (Å²) in [4.78, 5) is 0. The van der Waals surface area contributed by atoms with Crippen LogP contribution in [0.1, 0.15) is 31.0 Å². The van der Waals surface area contributed by atoms with Crippen molar-refractivity contribution in [3.05, 3.63) is 33.8 Å². The summed E-state index contributed by atoms with van der Waals surface area (Å²) >= 11 is 3.57. The van der Waals surface area contributed by atoms with Crippen LogP contribution < -0.4 is 5.73 Å². The van der Waals surface area contributed by atoms with E-state index in [-0.39, 0.29) is 11.5 Å². The van der Waals surface area contributed by atoms with Crippen LogP contribution in [0.2, 0.25) is 0 Å². The maximum Gasteiger partial charge on any atom is 0.0353 e. The van der Waals surface area contributed by atoms with Crippen LogP contribution >= 0.6 is 15.9 Å². The lowest BCUT2D eigenvalue weighted by molar-refractivity contribution is 0.319. The van der Waals surface area contributed by atoms with Crippen molar-refractivity contribution in [2.45, 2.75) is 26.3 Å². The maximum atomic E-state index is 6.17.